The number of piperazine rings is 1. The molecule has 0 saturated carbocycles. The molecule has 1 aromatic carbocycles. The highest BCUT2D eigenvalue weighted by Gasteiger charge is 2.33. The van der Waals surface area contributed by atoms with E-state index in [1.165, 1.54) is 16.7 Å². The number of amides is 1. The third-order valence-electron chi connectivity index (χ3n) is 6.51. The van der Waals surface area contributed by atoms with E-state index >= 15 is 4.39 Å². The molecule has 10 nitrogen and oxygen atoms in total. The molecule has 1 aliphatic rings. The van der Waals surface area contributed by atoms with Gasteiger partial charge in [-0.2, -0.15) is 5.10 Å². The topological polar surface area (TPSA) is 106 Å². The monoisotopic (exact) mass is 528 g/mol. The lowest BCUT2D eigenvalue weighted by molar-refractivity contribution is 0.0489. The average molecular weight is 529 g/mol. The second-order valence-corrected chi connectivity index (χ2v) is 9.61. The molecule has 5 rings (SSSR count). The summed E-state index contributed by atoms with van der Waals surface area (Å²) in [5.74, 6) is -0.651. The zero-order chi connectivity index (χ0) is 26.4. The van der Waals surface area contributed by atoms with Crippen molar-refractivity contribution in [3.05, 3.63) is 41.4 Å². The van der Waals surface area contributed by atoms with Gasteiger partial charge in [0.05, 0.1) is 34.7 Å². The van der Waals surface area contributed by atoms with Crippen molar-refractivity contribution < 1.29 is 23.8 Å². The van der Waals surface area contributed by atoms with Crippen LogP contribution in [0.3, 0.4) is 0 Å². The number of aromatic nitrogens is 4. The van der Waals surface area contributed by atoms with Crippen molar-refractivity contribution in [3.63, 3.8) is 0 Å². The Labute approximate surface area is 217 Å². The maximum absolute atomic E-state index is 15.4. The van der Waals surface area contributed by atoms with Gasteiger partial charge in [-0.1, -0.05) is 11.6 Å². The van der Waals surface area contributed by atoms with Crippen LogP contribution in [0.4, 0.5) is 14.9 Å². The van der Waals surface area contributed by atoms with E-state index in [4.69, 9.17) is 21.1 Å². The summed E-state index contributed by atoms with van der Waals surface area (Å²) in [5.41, 5.74) is 2.18. The summed E-state index contributed by atoms with van der Waals surface area (Å²) in [7, 11) is 3.16. The van der Waals surface area contributed by atoms with Crippen LogP contribution >= 0.6 is 11.6 Å². The molecule has 37 heavy (non-hydrogen) atoms. The van der Waals surface area contributed by atoms with Crippen molar-refractivity contribution in [1.29, 1.82) is 0 Å². The van der Waals surface area contributed by atoms with Crippen LogP contribution in [0, 0.1) is 5.82 Å². The van der Waals surface area contributed by atoms with Crippen molar-refractivity contribution in [3.8, 4) is 17.0 Å². The molecule has 1 N–H and O–H groups in total. The fourth-order valence-electron chi connectivity index (χ4n) is 4.96. The summed E-state index contributed by atoms with van der Waals surface area (Å²) < 4.78 is 27.5. The maximum atomic E-state index is 15.4. The van der Waals surface area contributed by atoms with Gasteiger partial charge in [0.25, 0.3) is 0 Å². The second-order valence-electron chi connectivity index (χ2n) is 9.21. The lowest BCUT2D eigenvalue weighted by Crippen LogP contribution is -2.58. The third kappa shape index (κ3) is 4.49. The van der Waals surface area contributed by atoms with Gasteiger partial charge in [-0.3, -0.25) is 9.58 Å². The number of ether oxygens (including phenoxy) is 2. The first-order valence-corrected chi connectivity index (χ1v) is 12.1. The molecule has 2 atom stereocenters. The quantitative estimate of drug-likeness (QED) is 0.376. The van der Waals surface area contributed by atoms with E-state index in [1.807, 2.05) is 19.9 Å². The Balaban J connectivity index is 1.55. The van der Waals surface area contributed by atoms with Gasteiger partial charge in [0.2, 0.25) is 0 Å². The lowest BCUT2D eigenvalue weighted by Gasteiger charge is -2.43. The molecule has 3 aromatic heterocycles. The summed E-state index contributed by atoms with van der Waals surface area (Å²) in [6.45, 7) is 4.66. The van der Waals surface area contributed by atoms with Crippen molar-refractivity contribution in [2.75, 3.05) is 31.9 Å². The summed E-state index contributed by atoms with van der Waals surface area (Å²) in [6, 6.07) is 4.93. The van der Waals surface area contributed by atoms with Crippen molar-refractivity contribution in [2.45, 2.75) is 25.9 Å². The molecular formula is C25H26ClFN6O4. The van der Waals surface area contributed by atoms with Gasteiger partial charge in [0.1, 0.15) is 5.52 Å². The second kappa shape index (κ2) is 9.64. The smallest absolute Gasteiger partial charge is 0.407 e. The Morgan fingerprint density at radius 1 is 1.24 bits per heavy atom. The van der Waals surface area contributed by atoms with Gasteiger partial charge in [-0.15, -0.1) is 0 Å². The van der Waals surface area contributed by atoms with E-state index in [9.17, 15) is 9.90 Å². The molecule has 12 heteroatoms. The lowest BCUT2D eigenvalue weighted by atomic mass is 10.1. The highest BCUT2D eigenvalue weighted by Crippen LogP contribution is 2.39. The van der Waals surface area contributed by atoms with Gasteiger partial charge in [-0.25, -0.2) is 19.2 Å². The molecule has 0 radical (unpaired) electrons. The fourth-order valence-corrected chi connectivity index (χ4v) is 5.20. The van der Waals surface area contributed by atoms with Crippen molar-refractivity contribution in [2.24, 2.45) is 7.05 Å². The predicted molar refractivity (Wildman–Crippen MR) is 138 cm³/mol. The van der Waals surface area contributed by atoms with E-state index in [0.29, 0.717) is 45.8 Å². The molecule has 1 amide bonds. The van der Waals surface area contributed by atoms with E-state index in [-0.39, 0.29) is 30.1 Å². The Hall–Kier alpha value is -3.70. The van der Waals surface area contributed by atoms with Gasteiger partial charge in [0, 0.05) is 49.8 Å². The van der Waals surface area contributed by atoms with Gasteiger partial charge in [-0.05, 0) is 32.0 Å². The van der Waals surface area contributed by atoms with E-state index in [1.54, 1.807) is 31.6 Å². The SMILES string of the molecule is COCOc1c(-c2cc(Cl)c3cc(N4C[C@@H](C)N(C(=O)O)[C@@H](C)C4)cnc3n2)cc2cn(C)nc2c1F. The number of methoxy groups -OCH3 is 1. The van der Waals surface area contributed by atoms with Crippen LogP contribution < -0.4 is 9.64 Å². The highest BCUT2D eigenvalue weighted by atomic mass is 35.5. The molecule has 0 aliphatic carbocycles. The van der Waals surface area contributed by atoms with E-state index < -0.39 is 11.9 Å². The Bertz CT molecular complexity index is 1500. The van der Waals surface area contributed by atoms with Crippen LogP contribution in [-0.4, -0.2) is 74.9 Å². The van der Waals surface area contributed by atoms with Gasteiger partial charge < -0.3 is 19.5 Å². The number of carboxylic acid groups (broad SMARTS) is 1. The summed E-state index contributed by atoms with van der Waals surface area (Å²) in [5, 5.41) is 15.3. The predicted octanol–water partition coefficient (Wildman–Crippen LogP) is 4.54. The molecule has 4 aromatic rings. The largest absolute Gasteiger partial charge is 0.465 e. The minimum absolute atomic E-state index is 0.0353. The minimum Gasteiger partial charge on any atom is -0.465 e. The van der Waals surface area contributed by atoms with Gasteiger partial charge in [0.15, 0.2) is 24.0 Å². The molecule has 0 spiro atoms. The molecular weight excluding hydrogens is 503 g/mol. The maximum Gasteiger partial charge on any atom is 0.407 e. The van der Waals surface area contributed by atoms with Crippen molar-refractivity contribution in [1.82, 2.24) is 24.6 Å². The van der Waals surface area contributed by atoms with Crippen LogP contribution in [0.1, 0.15) is 13.8 Å². The summed E-state index contributed by atoms with van der Waals surface area (Å²) >= 11 is 6.70. The number of pyridine rings is 2. The zero-order valence-corrected chi connectivity index (χ0v) is 21.5. The van der Waals surface area contributed by atoms with Crippen LogP contribution in [0.2, 0.25) is 5.02 Å². The van der Waals surface area contributed by atoms with Crippen LogP contribution in [0.15, 0.2) is 30.6 Å². The molecule has 4 heterocycles. The number of halogens is 2. The van der Waals surface area contributed by atoms with Crippen molar-refractivity contribution >= 4 is 45.3 Å². The first-order valence-electron chi connectivity index (χ1n) is 11.7. The first kappa shape index (κ1) is 25.0. The molecule has 1 fully saturated rings. The minimum atomic E-state index is -0.925. The number of anilines is 1. The Morgan fingerprint density at radius 3 is 2.65 bits per heavy atom. The number of hydrogen-bond acceptors (Lipinski definition) is 7. The van der Waals surface area contributed by atoms with Crippen LogP contribution in [-0.2, 0) is 11.8 Å². The molecule has 1 aliphatic heterocycles. The molecule has 194 valence electrons. The highest BCUT2D eigenvalue weighted by molar-refractivity contribution is 6.35. The number of benzene rings is 1. The summed E-state index contributed by atoms with van der Waals surface area (Å²) in [4.78, 5) is 24.4. The molecule has 1 saturated heterocycles. The first-order chi connectivity index (χ1) is 17.7. The zero-order valence-electron chi connectivity index (χ0n) is 20.8. The van der Waals surface area contributed by atoms with E-state index in [0.717, 1.165) is 5.69 Å². The number of aryl methyl sites for hydroxylation is 1. The number of rotatable bonds is 5. The molecule has 0 bridgehead atoms. The normalized spacial score (nSPS) is 18.1. The standard InChI is InChI=1S/C25H26ClFN6O4/c1-13-9-32(10-14(2)33(13)25(34)35)16-6-17-19(26)7-20(29-24(17)28-8-16)18-5-15-11-31(3)30-22(15)21(27)23(18)37-12-36-4/h5-8,11,13-14H,9-10,12H2,1-4H3,(H,34,35)/t13-,14+. The average Bonchev–Trinajstić information content (AvgIpc) is 3.23. The molecule has 0 unspecified atom stereocenters. The van der Waals surface area contributed by atoms with E-state index in [2.05, 4.69) is 20.0 Å². The fraction of sp³-hybridized carbons (Fsp3) is 0.360. The number of hydrogen-bond donors (Lipinski definition) is 1. The number of carbonyl (C=O) groups is 1. The Kier molecular flexibility index (Phi) is 6.50. The number of fused-ring (bicyclic) bond motifs is 2. The summed E-state index contributed by atoms with van der Waals surface area (Å²) in [6.07, 6.45) is 2.48. The Morgan fingerprint density at radius 2 is 1.97 bits per heavy atom. The third-order valence-corrected chi connectivity index (χ3v) is 6.82. The number of nitrogens with zero attached hydrogens (tertiary/aromatic N) is 6. The van der Waals surface area contributed by atoms with Gasteiger partial charge >= 0.3 is 6.09 Å². The van der Waals surface area contributed by atoms with Crippen LogP contribution in [0.25, 0.3) is 33.2 Å². The van der Waals surface area contributed by atoms with Crippen LogP contribution in [0.5, 0.6) is 5.75 Å².